The van der Waals surface area contributed by atoms with Crippen molar-refractivity contribution >= 4 is 11.7 Å². The highest BCUT2D eigenvalue weighted by atomic mass is 16.2. The van der Waals surface area contributed by atoms with E-state index in [0.717, 1.165) is 17.1 Å². The van der Waals surface area contributed by atoms with Crippen molar-refractivity contribution in [3.63, 3.8) is 0 Å². The van der Waals surface area contributed by atoms with E-state index in [1.165, 1.54) is 0 Å². The summed E-state index contributed by atoms with van der Waals surface area (Å²) < 4.78 is 0. The molecule has 2 heterocycles. The number of nitrogens with zero attached hydrogens (tertiary/aromatic N) is 3. The van der Waals surface area contributed by atoms with Crippen LogP contribution in [0.2, 0.25) is 0 Å². The van der Waals surface area contributed by atoms with Crippen LogP contribution in [0.25, 0.3) is 11.3 Å². The lowest BCUT2D eigenvalue weighted by Crippen LogP contribution is -2.38. The Labute approximate surface area is 155 Å². The van der Waals surface area contributed by atoms with E-state index in [0.29, 0.717) is 24.1 Å². The molecule has 1 amide bonds. The second-order valence-electron chi connectivity index (χ2n) is 7.29. The number of amides is 1. The van der Waals surface area contributed by atoms with Crippen LogP contribution >= 0.6 is 0 Å². The van der Waals surface area contributed by atoms with Crippen LogP contribution in [0.5, 0.6) is 0 Å². The lowest BCUT2D eigenvalue weighted by molar-refractivity contribution is 0.0720. The molecule has 1 aliphatic rings. The van der Waals surface area contributed by atoms with Gasteiger partial charge in [-0.15, -0.1) is 0 Å². The highest BCUT2D eigenvalue weighted by Crippen LogP contribution is 2.23. The maximum Gasteiger partial charge on any atom is 0.254 e. The van der Waals surface area contributed by atoms with E-state index in [9.17, 15) is 4.79 Å². The Morgan fingerprint density at radius 1 is 1.15 bits per heavy atom. The molecule has 2 aromatic rings. The number of aromatic nitrogens is 2. The molecule has 1 atom stereocenters. The van der Waals surface area contributed by atoms with E-state index in [-0.39, 0.29) is 11.9 Å². The van der Waals surface area contributed by atoms with E-state index < -0.39 is 0 Å². The zero-order valence-electron chi connectivity index (χ0n) is 15.8. The number of carbonyl (C=O) groups is 1. The first-order chi connectivity index (χ1) is 12.5. The van der Waals surface area contributed by atoms with Gasteiger partial charge in [0, 0.05) is 29.8 Å². The molecule has 26 heavy (non-hydrogen) atoms. The van der Waals surface area contributed by atoms with Gasteiger partial charge in [-0.25, -0.2) is 9.97 Å². The zero-order valence-corrected chi connectivity index (χ0v) is 15.8. The van der Waals surface area contributed by atoms with E-state index in [1.54, 1.807) is 6.33 Å². The van der Waals surface area contributed by atoms with Crippen molar-refractivity contribution in [3.8, 4) is 11.3 Å². The van der Waals surface area contributed by atoms with Crippen molar-refractivity contribution in [1.29, 1.82) is 0 Å². The van der Waals surface area contributed by atoms with Crippen molar-refractivity contribution in [2.45, 2.75) is 39.8 Å². The van der Waals surface area contributed by atoms with Gasteiger partial charge in [0.2, 0.25) is 0 Å². The fourth-order valence-corrected chi connectivity index (χ4v) is 3.18. The predicted molar refractivity (Wildman–Crippen MR) is 105 cm³/mol. The van der Waals surface area contributed by atoms with Crippen molar-refractivity contribution in [2.24, 2.45) is 5.92 Å². The fourth-order valence-electron chi connectivity index (χ4n) is 3.18. The molecule has 0 bridgehead atoms. The smallest absolute Gasteiger partial charge is 0.254 e. The standard InChI is InChI=1S/C21H26N4O/c1-14(2)19-6-5-11-25(19)21(26)17-9-7-16(8-10-17)18-12-20(23-13-22-18)24-15(3)4/h5-10,12-15,19H,11H2,1-4H3,(H,22,23,24)/t19-/m1/s1. The molecule has 0 saturated carbocycles. The Morgan fingerprint density at radius 3 is 2.54 bits per heavy atom. The molecule has 3 rings (SSSR count). The van der Waals surface area contributed by atoms with E-state index in [4.69, 9.17) is 0 Å². The Hall–Kier alpha value is -2.69. The molecular weight excluding hydrogens is 324 g/mol. The molecule has 5 nitrogen and oxygen atoms in total. The molecule has 136 valence electrons. The van der Waals surface area contributed by atoms with E-state index in [1.807, 2.05) is 35.2 Å². The number of carbonyl (C=O) groups excluding carboxylic acids is 1. The fraction of sp³-hybridized carbons (Fsp3) is 0.381. The van der Waals surface area contributed by atoms with Crippen molar-refractivity contribution < 1.29 is 4.79 Å². The Balaban J connectivity index is 1.77. The first kappa shape index (κ1) is 18.1. The summed E-state index contributed by atoms with van der Waals surface area (Å²) in [6, 6.07) is 10.1. The predicted octanol–water partition coefficient (Wildman–Crippen LogP) is 4.00. The maximum absolute atomic E-state index is 12.8. The lowest BCUT2D eigenvalue weighted by atomic mass is 10.0. The van der Waals surface area contributed by atoms with Gasteiger partial charge in [0.25, 0.3) is 5.91 Å². The van der Waals surface area contributed by atoms with Crippen LogP contribution in [0.4, 0.5) is 5.82 Å². The largest absolute Gasteiger partial charge is 0.368 e. The number of nitrogens with one attached hydrogen (secondary N) is 1. The van der Waals surface area contributed by atoms with Crippen molar-refractivity contribution in [2.75, 3.05) is 11.9 Å². The first-order valence-corrected chi connectivity index (χ1v) is 9.12. The molecule has 1 aromatic carbocycles. The van der Waals surface area contributed by atoms with Gasteiger partial charge in [0.15, 0.2) is 0 Å². The number of anilines is 1. The highest BCUT2D eigenvalue weighted by molar-refractivity contribution is 5.95. The summed E-state index contributed by atoms with van der Waals surface area (Å²) in [4.78, 5) is 23.3. The zero-order chi connectivity index (χ0) is 18.7. The van der Waals surface area contributed by atoms with E-state index >= 15 is 0 Å². The summed E-state index contributed by atoms with van der Waals surface area (Å²) in [5.41, 5.74) is 2.51. The third-order valence-electron chi connectivity index (χ3n) is 4.47. The topological polar surface area (TPSA) is 58.1 Å². The second kappa shape index (κ2) is 7.68. The molecule has 0 unspecified atom stereocenters. The molecular formula is C21H26N4O. The summed E-state index contributed by atoms with van der Waals surface area (Å²) in [5.74, 6) is 1.28. The number of hydrogen-bond donors (Lipinski definition) is 1. The minimum absolute atomic E-state index is 0.0742. The molecule has 0 aliphatic carbocycles. The summed E-state index contributed by atoms with van der Waals surface area (Å²) in [7, 11) is 0. The summed E-state index contributed by atoms with van der Waals surface area (Å²) in [6.45, 7) is 9.10. The number of hydrogen-bond acceptors (Lipinski definition) is 4. The van der Waals surface area contributed by atoms with Gasteiger partial charge in [0.1, 0.15) is 12.1 Å². The van der Waals surface area contributed by atoms with Crippen LogP contribution in [0.3, 0.4) is 0 Å². The van der Waals surface area contributed by atoms with Gasteiger partial charge in [-0.1, -0.05) is 38.1 Å². The van der Waals surface area contributed by atoms with Crippen molar-refractivity contribution in [1.82, 2.24) is 14.9 Å². The summed E-state index contributed by atoms with van der Waals surface area (Å²) in [5, 5.41) is 3.28. The number of benzene rings is 1. The Morgan fingerprint density at radius 2 is 1.88 bits per heavy atom. The summed E-state index contributed by atoms with van der Waals surface area (Å²) in [6.07, 6.45) is 5.75. The molecule has 0 saturated heterocycles. The van der Waals surface area contributed by atoms with Crippen LogP contribution < -0.4 is 5.32 Å². The second-order valence-corrected chi connectivity index (χ2v) is 7.29. The lowest BCUT2D eigenvalue weighted by Gasteiger charge is -2.27. The third-order valence-corrected chi connectivity index (χ3v) is 4.47. The minimum Gasteiger partial charge on any atom is -0.368 e. The monoisotopic (exact) mass is 350 g/mol. The van der Waals surface area contributed by atoms with Gasteiger partial charge in [-0.3, -0.25) is 4.79 Å². The Kier molecular flexibility index (Phi) is 5.35. The van der Waals surface area contributed by atoms with Gasteiger partial charge >= 0.3 is 0 Å². The average Bonchev–Trinajstić information content (AvgIpc) is 3.11. The van der Waals surface area contributed by atoms with Gasteiger partial charge in [-0.2, -0.15) is 0 Å². The first-order valence-electron chi connectivity index (χ1n) is 9.12. The van der Waals surface area contributed by atoms with Gasteiger partial charge in [-0.05, 0) is 31.9 Å². The quantitative estimate of drug-likeness (QED) is 0.828. The van der Waals surface area contributed by atoms with E-state index in [2.05, 4.69) is 55.1 Å². The minimum atomic E-state index is 0.0742. The van der Waals surface area contributed by atoms with Crippen LogP contribution in [-0.4, -0.2) is 39.4 Å². The Bertz CT molecular complexity index is 796. The molecule has 5 heteroatoms. The molecule has 0 radical (unpaired) electrons. The van der Waals surface area contributed by atoms with Gasteiger partial charge < -0.3 is 10.2 Å². The maximum atomic E-state index is 12.8. The molecule has 0 fully saturated rings. The number of rotatable bonds is 5. The average molecular weight is 350 g/mol. The molecule has 1 aromatic heterocycles. The normalized spacial score (nSPS) is 16.5. The summed E-state index contributed by atoms with van der Waals surface area (Å²) >= 11 is 0. The third kappa shape index (κ3) is 3.93. The van der Waals surface area contributed by atoms with Crippen LogP contribution in [0.1, 0.15) is 38.1 Å². The molecule has 1 aliphatic heterocycles. The van der Waals surface area contributed by atoms with Crippen LogP contribution in [0, 0.1) is 5.92 Å². The molecule has 1 N–H and O–H groups in total. The highest BCUT2D eigenvalue weighted by Gasteiger charge is 2.27. The van der Waals surface area contributed by atoms with Crippen LogP contribution in [0.15, 0.2) is 48.8 Å². The molecule has 0 spiro atoms. The van der Waals surface area contributed by atoms with Crippen LogP contribution in [-0.2, 0) is 0 Å². The SMILES string of the molecule is CC(C)Nc1cc(-c2ccc(C(=O)N3CC=C[C@@H]3C(C)C)cc2)ncn1. The van der Waals surface area contributed by atoms with Gasteiger partial charge in [0.05, 0.1) is 11.7 Å². The van der Waals surface area contributed by atoms with Crippen molar-refractivity contribution in [3.05, 3.63) is 54.4 Å².